The minimum Gasteiger partial charge on any atom is -0.373 e. The van der Waals surface area contributed by atoms with Gasteiger partial charge in [0.2, 0.25) is 5.91 Å². The SMILES string of the molecule is C[C@H]1C[C@@H](C(=O)NC2CC3CCC2O3)CCN1.Cl. The highest BCUT2D eigenvalue weighted by atomic mass is 35.5. The zero-order valence-corrected chi connectivity index (χ0v) is 11.7. The lowest BCUT2D eigenvalue weighted by molar-refractivity contribution is -0.127. The molecule has 104 valence electrons. The zero-order chi connectivity index (χ0) is 11.8. The Morgan fingerprint density at radius 1 is 1.28 bits per heavy atom. The molecule has 3 rings (SSSR count). The summed E-state index contributed by atoms with van der Waals surface area (Å²) in [6.45, 7) is 3.12. The van der Waals surface area contributed by atoms with E-state index in [4.69, 9.17) is 4.74 Å². The number of nitrogens with one attached hydrogen (secondary N) is 2. The molecular formula is C13H23ClN2O2. The Bertz CT molecular complexity index is 313. The Morgan fingerprint density at radius 2 is 2.11 bits per heavy atom. The highest BCUT2D eigenvalue weighted by Crippen LogP contribution is 2.34. The van der Waals surface area contributed by atoms with Crippen LogP contribution in [0.5, 0.6) is 0 Å². The van der Waals surface area contributed by atoms with Crippen LogP contribution in [-0.4, -0.2) is 36.7 Å². The standard InChI is InChI=1S/C13H22N2O2.ClH/c1-8-6-9(4-5-14-8)13(16)15-11-7-10-2-3-12(11)17-10;/h8-12,14H,2-7H2,1H3,(H,15,16);1H/t8-,9-,10?,11?,12?;/m0./s1. The summed E-state index contributed by atoms with van der Waals surface area (Å²) in [5, 5.41) is 6.59. The summed E-state index contributed by atoms with van der Waals surface area (Å²) in [6.07, 6.45) is 5.97. The Balaban J connectivity index is 0.00000120. The smallest absolute Gasteiger partial charge is 0.223 e. The molecule has 3 saturated heterocycles. The molecule has 2 bridgehead atoms. The lowest BCUT2D eigenvalue weighted by Gasteiger charge is -2.29. The van der Waals surface area contributed by atoms with E-state index in [2.05, 4.69) is 17.6 Å². The van der Waals surface area contributed by atoms with E-state index in [0.29, 0.717) is 18.2 Å². The molecule has 18 heavy (non-hydrogen) atoms. The number of hydrogen-bond acceptors (Lipinski definition) is 3. The second kappa shape index (κ2) is 5.76. The van der Waals surface area contributed by atoms with E-state index in [1.54, 1.807) is 0 Å². The third-order valence-electron chi connectivity index (χ3n) is 4.43. The molecule has 0 radical (unpaired) electrons. The van der Waals surface area contributed by atoms with Gasteiger partial charge in [0.25, 0.3) is 0 Å². The minimum absolute atomic E-state index is 0. The number of rotatable bonds is 2. The van der Waals surface area contributed by atoms with Crippen molar-refractivity contribution in [3.63, 3.8) is 0 Å². The summed E-state index contributed by atoms with van der Waals surface area (Å²) in [5.41, 5.74) is 0. The molecule has 4 nitrogen and oxygen atoms in total. The summed E-state index contributed by atoms with van der Waals surface area (Å²) in [6, 6.07) is 0.752. The molecule has 3 fully saturated rings. The lowest BCUT2D eigenvalue weighted by Crippen LogP contribution is -2.47. The van der Waals surface area contributed by atoms with Crippen LogP contribution in [0.4, 0.5) is 0 Å². The van der Waals surface area contributed by atoms with Crippen LogP contribution in [-0.2, 0) is 9.53 Å². The summed E-state index contributed by atoms with van der Waals surface area (Å²) in [4.78, 5) is 12.2. The van der Waals surface area contributed by atoms with Crippen molar-refractivity contribution in [1.82, 2.24) is 10.6 Å². The van der Waals surface area contributed by atoms with Gasteiger partial charge in [-0.3, -0.25) is 4.79 Å². The third-order valence-corrected chi connectivity index (χ3v) is 4.43. The molecular weight excluding hydrogens is 252 g/mol. The van der Waals surface area contributed by atoms with Crippen molar-refractivity contribution in [1.29, 1.82) is 0 Å². The fraction of sp³-hybridized carbons (Fsp3) is 0.923. The molecule has 3 aliphatic heterocycles. The normalized spacial score (nSPS) is 42.4. The molecule has 2 N–H and O–H groups in total. The van der Waals surface area contributed by atoms with Crippen molar-refractivity contribution in [2.24, 2.45) is 5.92 Å². The average Bonchev–Trinajstić information content (AvgIpc) is 2.91. The molecule has 0 saturated carbocycles. The van der Waals surface area contributed by atoms with E-state index in [0.717, 1.165) is 32.2 Å². The van der Waals surface area contributed by atoms with Gasteiger partial charge in [0, 0.05) is 12.0 Å². The van der Waals surface area contributed by atoms with Crippen molar-refractivity contribution in [3.8, 4) is 0 Å². The van der Waals surface area contributed by atoms with Crippen LogP contribution in [0, 0.1) is 5.92 Å². The van der Waals surface area contributed by atoms with Crippen LogP contribution in [0.25, 0.3) is 0 Å². The number of carbonyl (C=O) groups excluding carboxylic acids is 1. The topological polar surface area (TPSA) is 50.4 Å². The predicted octanol–water partition coefficient (Wildman–Crippen LogP) is 1.23. The van der Waals surface area contributed by atoms with E-state index in [9.17, 15) is 4.79 Å². The molecule has 0 aromatic rings. The van der Waals surface area contributed by atoms with Crippen LogP contribution >= 0.6 is 12.4 Å². The van der Waals surface area contributed by atoms with Gasteiger partial charge in [-0.05, 0) is 45.6 Å². The van der Waals surface area contributed by atoms with Gasteiger partial charge < -0.3 is 15.4 Å². The van der Waals surface area contributed by atoms with Crippen molar-refractivity contribution in [2.75, 3.05) is 6.54 Å². The van der Waals surface area contributed by atoms with Crippen LogP contribution in [0.1, 0.15) is 39.0 Å². The molecule has 0 aliphatic carbocycles. The number of hydrogen-bond donors (Lipinski definition) is 2. The monoisotopic (exact) mass is 274 g/mol. The molecule has 3 heterocycles. The van der Waals surface area contributed by atoms with Crippen molar-refractivity contribution in [2.45, 2.75) is 63.3 Å². The zero-order valence-electron chi connectivity index (χ0n) is 10.9. The molecule has 0 spiro atoms. The summed E-state index contributed by atoms with van der Waals surface area (Å²) in [7, 11) is 0. The second-order valence-corrected chi connectivity index (χ2v) is 5.80. The average molecular weight is 275 g/mol. The van der Waals surface area contributed by atoms with Crippen molar-refractivity contribution in [3.05, 3.63) is 0 Å². The van der Waals surface area contributed by atoms with E-state index in [1.165, 1.54) is 6.42 Å². The Kier molecular flexibility index (Phi) is 4.51. The van der Waals surface area contributed by atoms with Gasteiger partial charge in [-0.25, -0.2) is 0 Å². The fourth-order valence-corrected chi connectivity index (χ4v) is 3.46. The first-order chi connectivity index (χ1) is 8.22. The number of carbonyl (C=O) groups is 1. The van der Waals surface area contributed by atoms with E-state index >= 15 is 0 Å². The first-order valence-electron chi connectivity index (χ1n) is 6.91. The largest absolute Gasteiger partial charge is 0.373 e. The third kappa shape index (κ3) is 2.81. The number of fused-ring (bicyclic) bond motifs is 2. The number of halogens is 1. The Labute approximate surface area is 115 Å². The van der Waals surface area contributed by atoms with Gasteiger partial charge in [-0.15, -0.1) is 12.4 Å². The first-order valence-corrected chi connectivity index (χ1v) is 6.91. The van der Waals surface area contributed by atoms with E-state index in [1.807, 2.05) is 0 Å². The maximum Gasteiger partial charge on any atom is 0.223 e. The van der Waals surface area contributed by atoms with Gasteiger partial charge in [0.15, 0.2) is 0 Å². The van der Waals surface area contributed by atoms with Gasteiger partial charge in [0.1, 0.15) is 0 Å². The second-order valence-electron chi connectivity index (χ2n) is 5.80. The van der Waals surface area contributed by atoms with Crippen LogP contribution < -0.4 is 10.6 Å². The van der Waals surface area contributed by atoms with Gasteiger partial charge in [0.05, 0.1) is 18.2 Å². The maximum atomic E-state index is 12.2. The van der Waals surface area contributed by atoms with Gasteiger partial charge in [-0.1, -0.05) is 0 Å². The summed E-state index contributed by atoms with van der Waals surface area (Å²) >= 11 is 0. The highest BCUT2D eigenvalue weighted by Gasteiger charge is 2.42. The van der Waals surface area contributed by atoms with E-state index in [-0.39, 0.29) is 30.3 Å². The molecule has 5 heteroatoms. The fourth-order valence-electron chi connectivity index (χ4n) is 3.46. The number of piperidine rings is 1. The van der Waals surface area contributed by atoms with Crippen LogP contribution in [0.15, 0.2) is 0 Å². The molecule has 3 unspecified atom stereocenters. The van der Waals surface area contributed by atoms with Gasteiger partial charge >= 0.3 is 0 Å². The van der Waals surface area contributed by atoms with Crippen molar-refractivity contribution >= 4 is 18.3 Å². The number of ether oxygens (including phenoxy) is 1. The molecule has 0 aromatic carbocycles. The lowest BCUT2D eigenvalue weighted by atomic mass is 9.90. The van der Waals surface area contributed by atoms with E-state index < -0.39 is 0 Å². The summed E-state index contributed by atoms with van der Waals surface area (Å²) in [5.74, 6) is 0.449. The molecule has 3 aliphatic rings. The van der Waals surface area contributed by atoms with Crippen LogP contribution in [0.2, 0.25) is 0 Å². The van der Waals surface area contributed by atoms with Crippen LogP contribution in [0.3, 0.4) is 0 Å². The van der Waals surface area contributed by atoms with Crippen molar-refractivity contribution < 1.29 is 9.53 Å². The summed E-state index contributed by atoms with van der Waals surface area (Å²) < 4.78 is 5.77. The highest BCUT2D eigenvalue weighted by molar-refractivity contribution is 5.85. The molecule has 1 amide bonds. The quantitative estimate of drug-likeness (QED) is 0.796. The molecule has 5 atom stereocenters. The molecule has 0 aromatic heterocycles. The Hall–Kier alpha value is -0.320. The minimum atomic E-state index is 0. The number of amides is 1. The van der Waals surface area contributed by atoms with Gasteiger partial charge in [-0.2, -0.15) is 0 Å². The Morgan fingerprint density at radius 3 is 2.72 bits per heavy atom. The first kappa shape index (κ1) is 14.1. The predicted molar refractivity (Wildman–Crippen MR) is 71.9 cm³/mol. The maximum absolute atomic E-state index is 12.2.